The van der Waals surface area contributed by atoms with Crippen molar-refractivity contribution < 1.29 is 5.11 Å². The van der Waals surface area contributed by atoms with Gasteiger partial charge in [-0.05, 0) is 32.4 Å². The maximum Gasteiger partial charge on any atom is 0.0966 e. The van der Waals surface area contributed by atoms with Gasteiger partial charge in [0.05, 0.1) is 6.10 Å². The summed E-state index contributed by atoms with van der Waals surface area (Å²) >= 11 is 0. The number of aryl methyl sites for hydroxylation is 1. The van der Waals surface area contributed by atoms with Crippen LogP contribution in [0.4, 0.5) is 0 Å². The van der Waals surface area contributed by atoms with E-state index in [1.54, 1.807) is 0 Å². The van der Waals surface area contributed by atoms with Gasteiger partial charge in [0.1, 0.15) is 0 Å². The molecule has 0 radical (unpaired) electrons. The molecule has 18 heavy (non-hydrogen) atoms. The summed E-state index contributed by atoms with van der Waals surface area (Å²) in [4.78, 5) is 3.36. The Hall–Kier alpha value is -1.32. The second kappa shape index (κ2) is 4.75. The minimum atomic E-state index is -0.415. The fourth-order valence-corrected chi connectivity index (χ4v) is 3.03. The number of aromatic nitrogens is 1. The first-order valence-corrected chi connectivity index (χ1v) is 6.76. The van der Waals surface area contributed by atoms with Crippen LogP contribution in [0, 0.1) is 6.92 Å². The van der Waals surface area contributed by atoms with Crippen LogP contribution in [0.2, 0.25) is 0 Å². The SMILES string of the molecule is Cc1[nH]c2ccccc2c1C(O)C1CCCCN1. The monoisotopic (exact) mass is 244 g/mol. The maximum absolute atomic E-state index is 10.6. The number of hydrogen-bond acceptors (Lipinski definition) is 2. The van der Waals surface area contributed by atoms with Crippen LogP contribution in [0.15, 0.2) is 24.3 Å². The third-order valence-electron chi connectivity index (χ3n) is 3.97. The average molecular weight is 244 g/mol. The molecule has 0 saturated carbocycles. The van der Waals surface area contributed by atoms with Crippen LogP contribution in [-0.2, 0) is 0 Å². The van der Waals surface area contributed by atoms with Crippen molar-refractivity contribution >= 4 is 10.9 Å². The van der Waals surface area contributed by atoms with Gasteiger partial charge in [-0.1, -0.05) is 24.6 Å². The van der Waals surface area contributed by atoms with Gasteiger partial charge in [-0.2, -0.15) is 0 Å². The van der Waals surface area contributed by atoms with Gasteiger partial charge in [0.15, 0.2) is 0 Å². The Morgan fingerprint density at radius 1 is 1.28 bits per heavy atom. The number of benzene rings is 1. The number of fused-ring (bicyclic) bond motifs is 1. The molecule has 0 amide bonds. The zero-order valence-electron chi connectivity index (χ0n) is 10.7. The highest BCUT2D eigenvalue weighted by Gasteiger charge is 2.26. The molecule has 1 saturated heterocycles. The number of nitrogens with one attached hydrogen (secondary N) is 2. The van der Waals surface area contributed by atoms with E-state index in [9.17, 15) is 5.11 Å². The molecule has 0 aliphatic carbocycles. The molecule has 96 valence electrons. The van der Waals surface area contributed by atoms with Crippen molar-refractivity contribution in [2.45, 2.75) is 38.3 Å². The first-order chi connectivity index (χ1) is 8.77. The lowest BCUT2D eigenvalue weighted by Crippen LogP contribution is -2.38. The summed E-state index contributed by atoms with van der Waals surface area (Å²) in [7, 11) is 0. The Bertz CT molecular complexity index is 540. The Balaban J connectivity index is 1.99. The molecule has 2 aromatic rings. The third kappa shape index (κ3) is 1.93. The molecule has 3 N–H and O–H groups in total. The number of aliphatic hydroxyl groups excluding tert-OH is 1. The zero-order valence-corrected chi connectivity index (χ0v) is 10.7. The van der Waals surface area contributed by atoms with Crippen LogP contribution in [0.5, 0.6) is 0 Å². The summed E-state index contributed by atoms with van der Waals surface area (Å²) in [6, 6.07) is 8.39. The first kappa shape index (κ1) is 11.8. The molecular weight excluding hydrogens is 224 g/mol. The van der Waals surface area contributed by atoms with Crippen LogP contribution in [0.1, 0.15) is 36.6 Å². The number of aromatic amines is 1. The summed E-state index contributed by atoms with van der Waals surface area (Å²) in [5.41, 5.74) is 3.25. The second-order valence-corrected chi connectivity index (χ2v) is 5.21. The summed E-state index contributed by atoms with van der Waals surface area (Å²) in [6.07, 6.45) is 3.06. The minimum absolute atomic E-state index is 0.191. The smallest absolute Gasteiger partial charge is 0.0966 e. The molecule has 3 nitrogen and oxygen atoms in total. The number of piperidine rings is 1. The van der Waals surface area contributed by atoms with E-state index in [1.807, 2.05) is 19.1 Å². The number of H-pyrrole nitrogens is 1. The van der Waals surface area contributed by atoms with E-state index in [-0.39, 0.29) is 6.04 Å². The molecule has 3 rings (SSSR count). The van der Waals surface area contributed by atoms with Crippen molar-refractivity contribution in [1.82, 2.24) is 10.3 Å². The fourth-order valence-electron chi connectivity index (χ4n) is 3.03. The molecule has 1 fully saturated rings. The average Bonchev–Trinajstić information content (AvgIpc) is 2.75. The van der Waals surface area contributed by atoms with Crippen LogP contribution in [0.3, 0.4) is 0 Å². The number of aliphatic hydroxyl groups is 1. The highest BCUT2D eigenvalue weighted by Crippen LogP contribution is 2.31. The predicted octanol–water partition coefficient (Wildman–Crippen LogP) is 2.65. The van der Waals surface area contributed by atoms with Crippen molar-refractivity contribution in [3.05, 3.63) is 35.5 Å². The Labute approximate surface area is 107 Å². The lowest BCUT2D eigenvalue weighted by atomic mass is 9.93. The number of rotatable bonds is 2. The molecule has 1 aromatic carbocycles. The van der Waals surface area contributed by atoms with E-state index in [0.29, 0.717) is 0 Å². The van der Waals surface area contributed by atoms with Crippen LogP contribution < -0.4 is 5.32 Å². The molecule has 1 aliphatic heterocycles. The van der Waals surface area contributed by atoms with E-state index >= 15 is 0 Å². The summed E-state index contributed by atoms with van der Waals surface area (Å²) in [6.45, 7) is 3.06. The van der Waals surface area contributed by atoms with Gasteiger partial charge in [-0.3, -0.25) is 0 Å². The number of hydrogen-bond donors (Lipinski definition) is 3. The van der Waals surface area contributed by atoms with Crippen molar-refractivity contribution in [3.63, 3.8) is 0 Å². The van der Waals surface area contributed by atoms with Gasteiger partial charge in [0, 0.05) is 28.2 Å². The number of para-hydroxylation sites is 1. The first-order valence-electron chi connectivity index (χ1n) is 6.76. The molecule has 2 atom stereocenters. The van der Waals surface area contributed by atoms with Gasteiger partial charge in [0.25, 0.3) is 0 Å². The molecule has 2 heterocycles. The summed E-state index contributed by atoms with van der Waals surface area (Å²) < 4.78 is 0. The van der Waals surface area contributed by atoms with Gasteiger partial charge >= 0.3 is 0 Å². The van der Waals surface area contributed by atoms with Crippen LogP contribution in [-0.4, -0.2) is 22.7 Å². The zero-order chi connectivity index (χ0) is 12.5. The predicted molar refractivity (Wildman–Crippen MR) is 73.6 cm³/mol. The lowest BCUT2D eigenvalue weighted by Gasteiger charge is -2.28. The highest BCUT2D eigenvalue weighted by atomic mass is 16.3. The van der Waals surface area contributed by atoms with Gasteiger partial charge < -0.3 is 15.4 Å². The molecule has 0 bridgehead atoms. The Morgan fingerprint density at radius 2 is 2.11 bits per heavy atom. The molecule has 1 aromatic heterocycles. The van der Waals surface area contributed by atoms with Crippen molar-refractivity contribution in [2.75, 3.05) is 6.54 Å². The quantitative estimate of drug-likeness (QED) is 0.760. The highest BCUT2D eigenvalue weighted by molar-refractivity contribution is 5.85. The van der Waals surface area contributed by atoms with E-state index < -0.39 is 6.10 Å². The van der Waals surface area contributed by atoms with Gasteiger partial charge in [-0.25, -0.2) is 0 Å². The van der Waals surface area contributed by atoms with Crippen LogP contribution in [0.25, 0.3) is 10.9 Å². The minimum Gasteiger partial charge on any atom is -0.387 e. The van der Waals surface area contributed by atoms with Gasteiger partial charge in [0.2, 0.25) is 0 Å². The molecular formula is C15H20N2O. The molecule has 3 heteroatoms. The molecule has 1 aliphatic rings. The van der Waals surface area contributed by atoms with E-state index in [4.69, 9.17) is 0 Å². The Kier molecular flexibility index (Phi) is 3.10. The van der Waals surface area contributed by atoms with Gasteiger partial charge in [-0.15, -0.1) is 0 Å². The van der Waals surface area contributed by atoms with E-state index in [0.717, 1.165) is 35.1 Å². The Morgan fingerprint density at radius 3 is 2.89 bits per heavy atom. The van der Waals surface area contributed by atoms with Crippen molar-refractivity contribution in [2.24, 2.45) is 0 Å². The summed E-state index contributed by atoms with van der Waals surface area (Å²) in [5, 5.41) is 15.2. The largest absolute Gasteiger partial charge is 0.387 e. The van der Waals surface area contributed by atoms with Crippen LogP contribution >= 0.6 is 0 Å². The fraction of sp³-hybridized carbons (Fsp3) is 0.467. The molecule has 2 unspecified atom stereocenters. The topological polar surface area (TPSA) is 48.0 Å². The third-order valence-corrected chi connectivity index (χ3v) is 3.97. The standard InChI is InChI=1S/C15H20N2O/c1-10-14(11-6-2-3-7-12(11)17-10)15(18)13-8-4-5-9-16-13/h2-3,6-7,13,15-18H,4-5,8-9H2,1H3. The maximum atomic E-state index is 10.6. The summed E-state index contributed by atoms with van der Waals surface area (Å²) in [5.74, 6) is 0. The van der Waals surface area contributed by atoms with Crippen molar-refractivity contribution in [1.29, 1.82) is 0 Å². The molecule has 0 spiro atoms. The van der Waals surface area contributed by atoms with E-state index in [2.05, 4.69) is 22.4 Å². The van der Waals surface area contributed by atoms with E-state index in [1.165, 1.54) is 12.8 Å². The lowest BCUT2D eigenvalue weighted by molar-refractivity contribution is 0.114. The second-order valence-electron chi connectivity index (χ2n) is 5.21. The van der Waals surface area contributed by atoms with Crippen molar-refractivity contribution in [3.8, 4) is 0 Å². The normalized spacial score (nSPS) is 22.2.